The Bertz CT molecular complexity index is 802. The summed E-state index contributed by atoms with van der Waals surface area (Å²) in [6.07, 6.45) is 0.814. The van der Waals surface area contributed by atoms with Crippen LogP contribution in [0.5, 0.6) is 0 Å². The van der Waals surface area contributed by atoms with Gasteiger partial charge in [0.2, 0.25) is 5.82 Å². The second kappa shape index (κ2) is 4.88. The Balaban J connectivity index is 2.14. The largest absolute Gasteiger partial charge is 0.346 e. The maximum atomic E-state index is 11.6. The molecule has 0 aliphatic rings. The molecule has 0 spiro atoms. The van der Waals surface area contributed by atoms with Crippen molar-refractivity contribution in [1.29, 1.82) is 0 Å². The maximum Gasteiger partial charge on any atom is 0.346 e. The fraction of sp³-hybridized carbons (Fsp3) is 0.286. The maximum absolute atomic E-state index is 11.6. The fourth-order valence-electron chi connectivity index (χ4n) is 2.15. The third kappa shape index (κ3) is 2.32. The molecule has 0 radical (unpaired) electrons. The number of hydrogen-bond donors (Lipinski definition) is 2. The first kappa shape index (κ1) is 12.5. The molecular formula is C14H15N5O. The van der Waals surface area contributed by atoms with Gasteiger partial charge in [-0.1, -0.05) is 32.0 Å². The van der Waals surface area contributed by atoms with Crippen LogP contribution in [0.1, 0.15) is 19.7 Å². The molecule has 3 aromatic rings. The minimum absolute atomic E-state index is 0.395. The van der Waals surface area contributed by atoms with Crippen molar-refractivity contribution >= 4 is 10.9 Å². The van der Waals surface area contributed by atoms with Crippen molar-refractivity contribution in [2.75, 3.05) is 0 Å². The summed E-state index contributed by atoms with van der Waals surface area (Å²) in [5.74, 6) is 1.75. The van der Waals surface area contributed by atoms with Gasteiger partial charge in [0, 0.05) is 11.8 Å². The lowest BCUT2D eigenvalue weighted by atomic mass is 10.1. The van der Waals surface area contributed by atoms with Gasteiger partial charge in [-0.05, 0) is 12.0 Å². The first-order valence-electron chi connectivity index (χ1n) is 6.54. The quantitative estimate of drug-likeness (QED) is 0.760. The Morgan fingerprint density at radius 3 is 2.80 bits per heavy atom. The van der Waals surface area contributed by atoms with Crippen LogP contribution in [0.3, 0.4) is 0 Å². The van der Waals surface area contributed by atoms with Crippen LogP contribution in [0.4, 0.5) is 0 Å². The molecule has 0 saturated heterocycles. The normalized spacial score (nSPS) is 11.3. The van der Waals surface area contributed by atoms with Crippen molar-refractivity contribution in [3.63, 3.8) is 0 Å². The monoisotopic (exact) mass is 269 g/mol. The summed E-state index contributed by atoms with van der Waals surface area (Å²) >= 11 is 0. The molecular weight excluding hydrogens is 254 g/mol. The summed E-state index contributed by atoms with van der Waals surface area (Å²) in [5, 5.41) is 7.92. The van der Waals surface area contributed by atoms with Gasteiger partial charge in [0.1, 0.15) is 11.5 Å². The highest BCUT2D eigenvalue weighted by Gasteiger charge is 2.13. The molecule has 0 unspecified atom stereocenters. The van der Waals surface area contributed by atoms with Gasteiger partial charge in [0.15, 0.2) is 0 Å². The Morgan fingerprint density at radius 2 is 2.00 bits per heavy atom. The summed E-state index contributed by atoms with van der Waals surface area (Å²) < 4.78 is 0. The van der Waals surface area contributed by atoms with Crippen molar-refractivity contribution in [1.82, 2.24) is 25.1 Å². The van der Waals surface area contributed by atoms with Gasteiger partial charge in [0.05, 0.1) is 5.52 Å². The van der Waals surface area contributed by atoms with Gasteiger partial charge < -0.3 is 4.98 Å². The molecule has 0 atom stereocenters. The Hall–Kier alpha value is -2.50. The first-order valence-corrected chi connectivity index (χ1v) is 6.54. The van der Waals surface area contributed by atoms with E-state index in [0.29, 0.717) is 17.4 Å². The molecule has 102 valence electrons. The van der Waals surface area contributed by atoms with Crippen molar-refractivity contribution in [3.8, 4) is 11.5 Å². The first-order chi connectivity index (χ1) is 9.63. The number of nitrogens with one attached hydrogen (secondary N) is 2. The van der Waals surface area contributed by atoms with E-state index in [2.05, 4.69) is 39.0 Å². The molecule has 3 rings (SSSR count). The number of H-pyrrole nitrogens is 2. The highest BCUT2D eigenvalue weighted by molar-refractivity contribution is 5.89. The average Bonchev–Trinajstić information content (AvgIpc) is 2.85. The molecule has 2 aromatic heterocycles. The highest BCUT2D eigenvalue weighted by Crippen LogP contribution is 2.21. The summed E-state index contributed by atoms with van der Waals surface area (Å²) in [6, 6.07) is 7.49. The van der Waals surface area contributed by atoms with E-state index >= 15 is 0 Å². The Morgan fingerprint density at radius 1 is 1.20 bits per heavy atom. The lowest BCUT2D eigenvalue weighted by Gasteiger charge is -2.01. The molecule has 0 amide bonds. The van der Waals surface area contributed by atoms with Crippen molar-refractivity contribution in [2.45, 2.75) is 20.3 Å². The van der Waals surface area contributed by atoms with Crippen LogP contribution >= 0.6 is 0 Å². The summed E-state index contributed by atoms with van der Waals surface area (Å²) in [5.41, 5.74) is 0.849. The highest BCUT2D eigenvalue weighted by atomic mass is 16.1. The van der Waals surface area contributed by atoms with Crippen LogP contribution in [0, 0.1) is 5.92 Å². The van der Waals surface area contributed by atoms with Crippen LogP contribution in [0.15, 0.2) is 29.1 Å². The van der Waals surface area contributed by atoms with Crippen LogP contribution in [0.25, 0.3) is 22.4 Å². The van der Waals surface area contributed by atoms with Crippen molar-refractivity contribution in [2.24, 2.45) is 5.92 Å². The molecule has 0 aliphatic heterocycles. The molecule has 2 heterocycles. The molecule has 0 fully saturated rings. The van der Waals surface area contributed by atoms with Crippen LogP contribution in [-0.2, 0) is 6.42 Å². The van der Waals surface area contributed by atoms with E-state index in [1.54, 1.807) is 0 Å². The summed E-state index contributed by atoms with van der Waals surface area (Å²) in [6.45, 7) is 4.23. The Kier molecular flexibility index (Phi) is 3.06. The zero-order valence-corrected chi connectivity index (χ0v) is 11.3. The number of aromatic nitrogens is 5. The third-order valence-electron chi connectivity index (χ3n) is 2.98. The average molecular weight is 269 g/mol. The molecule has 0 bridgehead atoms. The molecule has 0 saturated carbocycles. The fourth-order valence-corrected chi connectivity index (χ4v) is 2.15. The standard InChI is InChI=1S/C14H15N5O/c1-8(2)7-11-16-13(19-18-11)12-9-5-3-4-6-10(9)15-14(20)17-12/h3-6,8H,7H2,1-2H3,(H,15,17,20)(H,16,18,19). The third-order valence-corrected chi connectivity index (χ3v) is 2.98. The predicted octanol–water partition coefficient (Wildman–Crippen LogP) is 1.91. The van der Waals surface area contributed by atoms with E-state index in [9.17, 15) is 4.79 Å². The van der Waals surface area contributed by atoms with E-state index < -0.39 is 5.69 Å². The van der Waals surface area contributed by atoms with E-state index in [1.807, 2.05) is 24.3 Å². The number of benzene rings is 1. The molecule has 0 aliphatic carbocycles. The molecule has 1 aromatic carbocycles. The number of aromatic amines is 2. The summed E-state index contributed by atoms with van der Waals surface area (Å²) in [7, 11) is 0. The molecule has 6 nitrogen and oxygen atoms in total. The van der Waals surface area contributed by atoms with Gasteiger partial charge >= 0.3 is 5.69 Å². The van der Waals surface area contributed by atoms with Crippen LogP contribution < -0.4 is 5.69 Å². The minimum atomic E-state index is -0.395. The zero-order chi connectivity index (χ0) is 14.1. The number of rotatable bonds is 3. The van der Waals surface area contributed by atoms with Crippen molar-refractivity contribution in [3.05, 3.63) is 40.6 Å². The Labute approximate surface area is 115 Å². The van der Waals surface area contributed by atoms with Gasteiger partial charge in [-0.25, -0.2) is 9.78 Å². The van der Waals surface area contributed by atoms with E-state index in [-0.39, 0.29) is 0 Å². The van der Waals surface area contributed by atoms with Crippen LogP contribution in [-0.4, -0.2) is 25.1 Å². The number of nitrogens with zero attached hydrogens (tertiary/aromatic N) is 3. The van der Waals surface area contributed by atoms with Gasteiger partial charge in [-0.15, -0.1) is 0 Å². The van der Waals surface area contributed by atoms with Gasteiger partial charge in [-0.2, -0.15) is 10.1 Å². The van der Waals surface area contributed by atoms with Crippen LogP contribution in [0.2, 0.25) is 0 Å². The second-order valence-corrected chi connectivity index (χ2v) is 5.14. The van der Waals surface area contributed by atoms with Gasteiger partial charge in [-0.3, -0.25) is 5.10 Å². The lowest BCUT2D eigenvalue weighted by molar-refractivity contribution is 0.622. The SMILES string of the molecule is CC(C)Cc1nc(-c2nc(=O)[nH]c3ccccc23)n[nH]1. The van der Waals surface area contributed by atoms with E-state index in [4.69, 9.17) is 0 Å². The number of para-hydroxylation sites is 1. The topological polar surface area (TPSA) is 87.3 Å². The summed E-state index contributed by atoms with van der Waals surface area (Å²) in [4.78, 5) is 22.8. The minimum Gasteiger partial charge on any atom is -0.305 e. The number of fused-ring (bicyclic) bond motifs is 1. The van der Waals surface area contributed by atoms with E-state index in [0.717, 1.165) is 23.1 Å². The predicted molar refractivity (Wildman–Crippen MR) is 76.3 cm³/mol. The molecule has 20 heavy (non-hydrogen) atoms. The van der Waals surface area contributed by atoms with Gasteiger partial charge in [0.25, 0.3) is 0 Å². The second-order valence-electron chi connectivity index (χ2n) is 5.14. The zero-order valence-electron chi connectivity index (χ0n) is 11.3. The number of hydrogen-bond acceptors (Lipinski definition) is 4. The molecule has 2 N–H and O–H groups in total. The van der Waals surface area contributed by atoms with E-state index in [1.165, 1.54) is 0 Å². The molecule has 6 heteroatoms. The smallest absolute Gasteiger partial charge is 0.305 e. The van der Waals surface area contributed by atoms with Crippen molar-refractivity contribution < 1.29 is 0 Å². The lowest BCUT2D eigenvalue weighted by Crippen LogP contribution is -2.11.